The van der Waals surface area contributed by atoms with E-state index in [2.05, 4.69) is 0 Å². The molecule has 34 heavy (non-hydrogen) atoms. The van der Waals surface area contributed by atoms with E-state index in [1.165, 1.54) is 34.4 Å². The molecule has 0 aliphatic carbocycles. The van der Waals surface area contributed by atoms with Crippen LogP contribution in [0.5, 0.6) is 11.5 Å². The van der Waals surface area contributed by atoms with E-state index < -0.39 is 20.0 Å². The van der Waals surface area contributed by atoms with Crippen molar-refractivity contribution in [3.63, 3.8) is 0 Å². The van der Waals surface area contributed by atoms with Crippen LogP contribution in [0.1, 0.15) is 11.1 Å². The van der Waals surface area contributed by atoms with E-state index >= 15 is 0 Å². The summed E-state index contributed by atoms with van der Waals surface area (Å²) in [5, 5.41) is 0. The SMILES string of the molecule is COc1cc(OC)c(S(=O)(=O)N(C)Cc2ccccc2)cc1S(=O)(=O)N(C)Cc1ccccc1. The molecule has 0 radical (unpaired) electrons. The zero-order valence-corrected chi connectivity index (χ0v) is 21.1. The number of methoxy groups -OCH3 is 2. The van der Waals surface area contributed by atoms with Gasteiger partial charge in [-0.3, -0.25) is 0 Å². The smallest absolute Gasteiger partial charge is 0.246 e. The molecule has 3 aromatic carbocycles. The molecule has 0 saturated heterocycles. The molecule has 0 saturated carbocycles. The summed E-state index contributed by atoms with van der Waals surface area (Å²) in [7, 11) is -2.70. The predicted molar refractivity (Wildman–Crippen MR) is 130 cm³/mol. The summed E-state index contributed by atoms with van der Waals surface area (Å²) in [5.41, 5.74) is 1.58. The molecule has 0 fully saturated rings. The molecule has 182 valence electrons. The molecule has 3 rings (SSSR count). The van der Waals surface area contributed by atoms with E-state index in [0.717, 1.165) is 25.8 Å². The third-order valence-electron chi connectivity index (χ3n) is 5.32. The van der Waals surface area contributed by atoms with Crippen molar-refractivity contribution in [3.8, 4) is 11.5 Å². The highest BCUT2D eigenvalue weighted by molar-refractivity contribution is 7.90. The van der Waals surface area contributed by atoms with Crippen molar-refractivity contribution >= 4 is 20.0 Å². The number of sulfonamides is 2. The van der Waals surface area contributed by atoms with Gasteiger partial charge >= 0.3 is 0 Å². The summed E-state index contributed by atoms with van der Waals surface area (Å²) in [6, 6.07) is 20.6. The fourth-order valence-corrected chi connectivity index (χ4v) is 6.14. The average Bonchev–Trinajstić information content (AvgIpc) is 2.84. The molecule has 0 amide bonds. The Morgan fingerprint density at radius 2 is 0.971 bits per heavy atom. The van der Waals surface area contributed by atoms with Crippen molar-refractivity contribution in [2.24, 2.45) is 0 Å². The Kier molecular flexibility index (Phi) is 7.98. The van der Waals surface area contributed by atoms with E-state index in [9.17, 15) is 16.8 Å². The Hall–Kier alpha value is -2.92. The Morgan fingerprint density at radius 3 is 1.29 bits per heavy atom. The minimum atomic E-state index is -4.10. The largest absolute Gasteiger partial charge is 0.495 e. The minimum Gasteiger partial charge on any atom is -0.495 e. The van der Waals surface area contributed by atoms with Crippen molar-refractivity contribution < 1.29 is 26.3 Å². The normalized spacial score (nSPS) is 12.2. The summed E-state index contributed by atoms with van der Waals surface area (Å²) >= 11 is 0. The van der Waals surface area contributed by atoms with E-state index in [1.807, 2.05) is 60.7 Å². The molecule has 10 heteroatoms. The van der Waals surface area contributed by atoms with E-state index in [-0.39, 0.29) is 34.4 Å². The summed E-state index contributed by atoms with van der Waals surface area (Å²) in [5.74, 6) is -0.0251. The van der Waals surface area contributed by atoms with Gasteiger partial charge in [0, 0.05) is 33.3 Å². The second kappa shape index (κ2) is 10.6. The second-order valence-corrected chi connectivity index (χ2v) is 11.7. The summed E-state index contributed by atoms with van der Waals surface area (Å²) in [6.45, 7) is 0.211. The predicted octanol–water partition coefficient (Wildman–Crippen LogP) is 3.35. The number of hydrogen-bond donors (Lipinski definition) is 0. The summed E-state index contributed by atoms with van der Waals surface area (Å²) in [4.78, 5) is -0.526. The third kappa shape index (κ3) is 5.41. The number of rotatable bonds is 10. The van der Waals surface area contributed by atoms with Crippen molar-refractivity contribution in [2.45, 2.75) is 22.9 Å². The molecule has 0 atom stereocenters. The lowest BCUT2D eigenvalue weighted by Gasteiger charge is -2.23. The van der Waals surface area contributed by atoms with Gasteiger partial charge in [-0.1, -0.05) is 60.7 Å². The first-order valence-corrected chi connectivity index (χ1v) is 13.3. The van der Waals surface area contributed by atoms with Crippen LogP contribution in [0.3, 0.4) is 0 Å². The van der Waals surface area contributed by atoms with Gasteiger partial charge in [-0.2, -0.15) is 8.61 Å². The van der Waals surface area contributed by atoms with Gasteiger partial charge in [0.1, 0.15) is 21.3 Å². The van der Waals surface area contributed by atoms with Gasteiger partial charge in [0.05, 0.1) is 14.2 Å². The highest BCUT2D eigenvalue weighted by Crippen LogP contribution is 2.37. The highest BCUT2D eigenvalue weighted by Gasteiger charge is 2.32. The number of nitrogens with zero attached hydrogens (tertiary/aromatic N) is 2. The van der Waals surface area contributed by atoms with Crippen LogP contribution in [0.25, 0.3) is 0 Å². The molecule has 0 N–H and O–H groups in total. The molecular weight excluding hydrogens is 476 g/mol. The Morgan fingerprint density at radius 1 is 0.618 bits per heavy atom. The maximum atomic E-state index is 13.5. The van der Waals surface area contributed by atoms with E-state index in [1.54, 1.807) is 0 Å². The average molecular weight is 505 g/mol. The number of hydrogen-bond acceptors (Lipinski definition) is 6. The van der Waals surface area contributed by atoms with Crippen molar-refractivity contribution in [1.29, 1.82) is 0 Å². The molecule has 8 nitrogen and oxygen atoms in total. The highest BCUT2D eigenvalue weighted by atomic mass is 32.2. The Labute approximate surface area is 201 Å². The maximum absolute atomic E-state index is 13.5. The van der Waals surface area contributed by atoms with Gasteiger partial charge in [0.2, 0.25) is 20.0 Å². The van der Waals surface area contributed by atoms with Crippen LogP contribution in [0.2, 0.25) is 0 Å². The van der Waals surface area contributed by atoms with Gasteiger partial charge < -0.3 is 9.47 Å². The van der Waals surface area contributed by atoms with Gasteiger partial charge in [-0.05, 0) is 17.2 Å². The third-order valence-corrected chi connectivity index (χ3v) is 8.97. The molecule has 0 aliphatic rings. The molecular formula is C24H28N2O6S2. The number of ether oxygens (including phenoxy) is 2. The molecule has 0 aliphatic heterocycles. The van der Waals surface area contributed by atoms with Gasteiger partial charge in [-0.15, -0.1) is 0 Å². The fraction of sp³-hybridized carbons (Fsp3) is 0.250. The van der Waals surface area contributed by atoms with Crippen LogP contribution in [0.15, 0.2) is 82.6 Å². The summed E-state index contributed by atoms with van der Waals surface area (Å²) in [6.07, 6.45) is 0. The quantitative estimate of drug-likeness (QED) is 0.420. The van der Waals surface area contributed by atoms with Crippen molar-refractivity contribution in [1.82, 2.24) is 8.61 Å². The number of benzene rings is 3. The van der Waals surface area contributed by atoms with E-state index in [4.69, 9.17) is 9.47 Å². The van der Waals surface area contributed by atoms with Crippen LogP contribution < -0.4 is 9.47 Å². The first-order chi connectivity index (χ1) is 16.1. The standard InChI is InChI=1S/C24H28N2O6S2/c1-25(17-19-11-7-5-8-12-19)33(27,28)23-16-24(22(32-4)15-21(23)31-3)34(29,30)26(2)18-20-13-9-6-10-14-20/h5-16H,17-18H2,1-4H3. The molecule has 0 unspecified atom stereocenters. The van der Waals surface area contributed by atoms with Crippen molar-refractivity contribution in [2.75, 3.05) is 28.3 Å². The molecule has 3 aromatic rings. The van der Waals surface area contributed by atoms with Gasteiger partial charge in [-0.25, -0.2) is 16.8 Å². The molecule has 0 aromatic heterocycles. The van der Waals surface area contributed by atoms with Crippen LogP contribution in [-0.2, 0) is 33.1 Å². The van der Waals surface area contributed by atoms with Gasteiger partial charge in [0.25, 0.3) is 0 Å². The molecule has 0 spiro atoms. The lowest BCUT2D eigenvalue weighted by Crippen LogP contribution is -2.29. The first kappa shape index (κ1) is 25.7. The first-order valence-electron chi connectivity index (χ1n) is 10.4. The lowest BCUT2D eigenvalue weighted by molar-refractivity contribution is 0.374. The Bertz CT molecular complexity index is 1230. The lowest BCUT2D eigenvalue weighted by atomic mass is 10.2. The van der Waals surface area contributed by atoms with Gasteiger partial charge in [0.15, 0.2) is 0 Å². The monoisotopic (exact) mass is 504 g/mol. The zero-order chi connectivity index (χ0) is 24.9. The second-order valence-electron chi connectivity index (χ2n) is 7.65. The van der Waals surface area contributed by atoms with Crippen LogP contribution >= 0.6 is 0 Å². The topological polar surface area (TPSA) is 93.2 Å². The Balaban J connectivity index is 2.05. The summed E-state index contributed by atoms with van der Waals surface area (Å²) < 4.78 is 66.7. The van der Waals surface area contributed by atoms with Crippen LogP contribution in [0.4, 0.5) is 0 Å². The van der Waals surface area contributed by atoms with Crippen LogP contribution in [-0.4, -0.2) is 53.8 Å². The van der Waals surface area contributed by atoms with Crippen LogP contribution in [0, 0.1) is 0 Å². The molecule has 0 bridgehead atoms. The maximum Gasteiger partial charge on any atom is 0.246 e. The minimum absolute atomic E-state index is 0.0126. The molecule has 0 heterocycles. The fourth-order valence-electron chi connectivity index (χ4n) is 3.43. The van der Waals surface area contributed by atoms with Crippen molar-refractivity contribution in [3.05, 3.63) is 83.9 Å². The van der Waals surface area contributed by atoms with E-state index in [0.29, 0.717) is 0 Å². The zero-order valence-electron chi connectivity index (χ0n) is 19.5.